The first kappa shape index (κ1) is 25.0. The first-order chi connectivity index (χ1) is 19.1. The van der Waals surface area contributed by atoms with Crippen molar-refractivity contribution in [1.29, 1.82) is 0 Å². The first-order valence-electron chi connectivity index (χ1n) is 13.0. The molecule has 7 rings (SSSR count). The number of hydrogen-bond donors (Lipinski definition) is 0. The largest absolute Gasteiger partial charge is 0.418 e. The van der Waals surface area contributed by atoms with Crippen molar-refractivity contribution in [2.75, 3.05) is 0 Å². The van der Waals surface area contributed by atoms with Gasteiger partial charge in [0.15, 0.2) is 0 Å². The number of hydrogen-bond acceptors (Lipinski definition) is 0. The van der Waals surface area contributed by atoms with Crippen molar-refractivity contribution in [3.05, 3.63) is 120 Å². The number of rotatable bonds is 2. The molecular weight excluding hydrogens is 529 g/mol. The lowest BCUT2D eigenvalue weighted by Gasteiger charge is -2.23. The van der Waals surface area contributed by atoms with Gasteiger partial charge in [-0.15, -0.1) is 9.24 Å². The highest BCUT2D eigenvalue weighted by Crippen LogP contribution is 2.51. The Labute approximate surface area is 231 Å². The zero-order valence-electron chi connectivity index (χ0n) is 21.8. The average molecular weight is 554 g/mol. The maximum atomic E-state index is 15.3. The number of aromatic nitrogens is 1. The molecule has 1 heterocycles. The zero-order valence-corrected chi connectivity index (χ0v) is 22.9. The summed E-state index contributed by atoms with van der Waals surface area (Å²) < 4.78 is 61.3. The minimum Gasteiger partial charge on any atom is -0.308 e. The molecule has 1 unspecified atom stereocenters. The van der Waals surface area contributed by atoms with Crippen molar-refractivity contribution in [2.24, 2.45) is 0 Å². The predicted octanol–water partition coefficient (Wildman–Crippen LogP) is 9.42. The minimum atomic E-state index is -4.67. The summed E-state index contributed by atoms with van der Waals surface area (Å²) in [5, 5.41) is 2.17. The Morgan fingerprint density at radius 1 is 0.675 bits per heavy atom. The molecule has 0 saturated carbocycles. The SMILES string of the molecule is CC1(C)c2ccccc2-c2cc3c4ccccc4n(-c4c(-c5c(F)cccc5P)cccc4C(F)(F)F)c3cc21. The highest BCUT2D eigenvalue weighted by Gasteiger charge is 2.38. The van der Waals surface area contributed by atoms with Gasteiger partial charge in [-0.3, -0.25) is 0 Å². The molecule has 0 spiro atoms. The Morgan fingerprint density at radius 3 is 2.15 bits per heavy atom. The van der Waals surface area contributed by atoms with Crippen molar-refractivity contribution in [3.63, 3.8) is 0 Å². The zero-order chi connectivity index (χ0) is 28.0. The van der Waals surface area contributed by atoms with E-state index < -0.39 is 17.6 Å². The highest BCUT2D eigenvalue weighted by atomic mass is 31.0. The summed E-state index contributed by atoms with van der Waals surface area (Å²) in [6.45, 7) is 4.29. The van der Waals surface area contributed by atoms with Crippen LogP contribution in [0.5, 0.6) is 0 Å². The highest BCUT2D eigenvalue weighted by molar-refractivity contribution is 7.28. The summed E-state index contributed by atoms with van der Waals surface area (Å²) in [5.74, 6) is -0.577. The molecular formula is C34H24F4NP. The number of para-hydroxylation sites is 2. The molecule has 5 aromatic carbocycles. The van der Waals surface area contributed by atoms with Crippen molar-refractivity contribution >= 4 is 36.4 Å². The standard InChI is InChI=1S/C34H24F4NP/c1-33(2)24-12-5-3-9-19(24)22-17-23-20-10-4-6-15-28(20)39(29(23)18-26(22)33)32-21(11-7-13-25(32)34(36,37)38)31-27(35)14-8-16-30(31)40/h3-18H,40H2,1-2H3. The van der Waals surface area contributed by atoms with Crippen molar-refractivity contribution in [2.45, 2.75) is 25.4 Å². The topological polar surface area (TPSA) is 4.93 Å². The molecule has 0 aliphatic heterocycles. The van der Waals surface area contributed by atoms with Crippen molar-refractivity contribution in [1.82, 2.24) is 4.57 Å². The third-order valence-corrected chi connectivity index (χ3v) is 8.74. The molecule has 1 atom stereocenters. The number of halogens is 4. The Bertz CT molecular complexity index is 1980. The second-order valence-electron chi connectivity index (χ2n) is 10.8. The Morgan fingerprint density at radius 2 is 1.38 bits per heavy atom. The molecule has 0 N–H and O–H groups in total. The quantitative estimate of drug-likeness (QED) is 0.149. The van der Waals surface area contributed by atoms with Gasteiger partial charge in [0.05, 0.1) is 22.3 Å². The molecule has 1 aromatic heterocycles. The van der Waals surface area contributed by atoms with Gasteiger partial charge in [-0.05, 0) is 57.9 Å². The van der Waals surface area contributed by atoms with Gasteiger partial charge >= 0.3 is 6.18 Å². The molecule has 0 radical (unpaired) electrons. The van der Waals surface area contributed by atoms with Gasteiger partial charge < -0.3 is 4.57 Å². The van der Waals surface area contributed by atoms with Gasteiger partial charge in [0.25, 0.3) is 0 Å². The van der Waals surface area contributed by atoms with Gasteiger partial charge in [0, 0.05) is 27.3 Å². The maximum Gasteiger partial charge on any atom is 0.418 e. The summed E-state index contributed by atoms with van der Waals surface area (Å²) in [5.41, 5.74) is 4.82. The van der Waals surface area contributed by atoms with E-state index in [-0.39, 0.29) is 22.2 Å². The Hall–Kier alpha value is -3.95. The second kappa shape index (κ2) is 8.52. The van der Waals surface area contributed by atoms with Crippen LogP contribution in [0.2, 0.25) is 0 Å². The number of benzene rings is 5. The predicted molar refractivity (Wildman–Crippen MR) is 158 cm³/mol. The number of nitrogens with zero attached hydrogens (tertiary/aromatic N) is 1. The van der Waals surface area contributed by atoms with E-state index in [1.165, 1.54) is 17.7 Å². The first-order valence-corrected chi connectivity index (χ1v) is 13.6. The lowest BCUT2D eigenvalue weighted by Crippen LogP contribution is -2.16. The van der Waals surface area contributed by atoms with E-state index in [0.717, 1.165) is 33.5 Å². The third kappa shape index (κ3) is 3.44. The van der Waals surface area contributed by atoms with E-state index in [1.54, 1.807) is 22.8 Å². The summed E-state index contributed by atoms with van der Waals surface area (Å²) in [4.78, 5) is 0. The molecule has 198 valence electrons. The van der Waals surface area contributed by atoms with Gasteiger partial charge in [-0.25, -0.2) is 4.39 Å². The van der Waals surface area contributed by atoms with Crippen LogP contribution in [0.3, 0.4) is 0 Å². The average Bonchev–Trinajstić information content (AvgIpc) is 3.36. The van der Waals surface area contributed by atoms with Crippen molar-refractivity contribution in [3.8, 4) is 27.9 Å². The smallest absolute Gasteiger partial charge is 0.308 e. The molecule has 6 heteroatoms. The van der Waals surface area contributed by atoms with E-state index >= 15 is 4.39 Å². The van der Waals surface area contributed by atoms with Gasteiger partial charge in [0.1, 0.15) is 5.82 Å². The molecule has 1 aliphatic carbocycles. The molecule has 40 heavy (non-hydrogen) atoms. The van der Waals surface area contributed by atoms with Gasteiger partial charge in [-0.2, -0.15) is 13.2 Å². The van der Waals surface area contributed by atoms with E-state index in [4.69, 9.17) is 0 Å². The van der Waals surface area contributed by atoms with E-state index in [1.807, 2.05) is 42.5 Å². The fourth-order valence-corrected chi connectivity index (χ4v) is 6.85. The molecule has 1 nitrogen and oxygen atoms in total. The second-order valence-corrected chi connectivity index (χ2v) is 11.5. The summed E-state index contributed by atoms with van der Waals surface area (Å²) in [7, 11) is 2.47. The normalized spacial score (nSPS) is 14.1. The van der Waals surface area contributed by atoms with Crippen LogP contribution in [0.15, 0.2) is 97.1 Å². The van der Waals surface area contributed by atoms with Gasteiger partial charge in [0.2, 0.25) is 0 Å². The Balaban J connectivity index is 1.67. The molecule has 0 fully saturated rings. The maximum absolute atomic E-state index is 15.3. The monoisotopic (exact) mass is 553 g/mol. The van der Waals surface area contributed by atoms with Crippen LogP contribution in [0, 0.1) is 5.82 Å². The lowest BCUT2D eigenvalue weighted by atomic mass is 9.82. The van der Waals surface area contributed by atoms with Crippen LogP contribution in [0.1, 0.15) is 30.5 Å². The molecule has 0 saturated heterocycles. The summed E-state index contributed by atoms with van der Waals surface area (Å²) in [6, 6.07) is 28.4. The van der Waals surface area contributed by atoms with E-state index in [0.29, 0.717) is 16.3 Å². The Kier molecular flexibility index (Phi) is 5.34. The fourth-order valence-electron chi connectivity index (χ4n) is 6.44. The summed E-state index contributed by atoms with van der Waals surface area (Å²) in [6.07, 6.45) is -4.67. The molecule has 0 amide bonds. The van der Waals surface area contributed by atoms with Crippen LogP contribution in [0.4, 0.5) is 17.6 Å². The summed E-state index contributed by atoms with van der Waals surface area (Å²) >= 11 is 0. The van der Waals surface area contributed by atoms with E-state index in [2.05, 4.69) is 41.3 Å². The van der Waals surface area contributed by atoms with Crippen molar-refractivity contribution < 1.29 is 17.6 Å². The van der Waals surface area contributed by atoms with E-state index in [9.17, 15) is 13.2 Å². The minimum absolute atomic E-state index is 0.0803. The lowest BCUT2D eigenvalue weighted by molar-refractivity contribution is -0.137. The fraction of sp³-hybridized carbons (Fsp3) is 0.118. The van der Waals surface area contributed by atoms with Crippen LogP contribution in [0.25, 0.3) is 49.7 Å². The molecule has 1 aliphatic rings. The number of alkyl halides is 3. The van der Waals surface area contributed by atoms with Crippen LogP contribution in [-0.2, 0) is 11.6 Å². The number of fused-ring (bicyclic) bond motifs is 6. The van der Waals surface area contributed by atoms with Crippen LogP contribution < -0.4 is 5.30 Å². The van der Waals surface area contributed by atoms with Crippen LogP contribution >= 0.6 is 9.24 Å². The van der Waals surface area contributed by atoms with Crippen LogP contribution in [-0.4, -0.2) is 4.57 Å². The van der Waals surface area contributed by atoms with Gasteiger partial charge in [-0.1, -0.05) is 80.6 Å². The molecule has 0 bridgehead atoms. The third-order valence-electron chi connectivity index (χ3n) is 8.26. The molecule has 6 aromatic rings.